The normalized spacial score (nSPS) is 18.7. The van der Waals surface area contributed by atoms with E-state index in [9.17, 15) is 9.90 Å². The molecule has 0 amide bonds. The first-order valence-corrected chi connectivity index (χ1v) is 12.0. The third-order valence-corrected chi connectivity index (χ3v) is 6.46. The number of carbonyl (C=O) groups excluding carboxylic acids is 1. The molecule has 1 aliphatic heterocycles. The second kappa shape index (κ2) is 9.38. The van der Waals surface area contributed by atoms with Crippen LogP contribution < -0.4 is 4.74 Å². The van der Waals surface area contributed by atoms with Gasteiger partial charge in [-0.1, -0.05) is 46.9 Å². The SMILES string of the molecule is CCOC(=O)CC1(O)CC(C)(C)Oc2nc(-c3ccc(Cl)cc3Cl)c(-c3ccc(Cl)cc3)cc21. The molecule has 1 atom stereocenters. The second-order valence-corrected chi connectivity index (χ2v) is 10.2. The Morgan fingerprint density at radius 2 is 1.74 bits per heavy atom. The summed E-state index contributed by atoms with van der Waals surface area (Å²) in [5.74, 6) is -0.256. The van der Waals surface area contributed by atoms with Gasteiger partial charge in [-0.3, -0.25) is 4.79 Å². The summed E-state index contributed by atoms with van der Waals surface area (Å²) >= 11 is 18.8. The van der Waals surface area contributed by atoms with Gasteiger partial charge in [0.05, 0.1) is 23.7 Å². The highest BCUT2D eigenvalue weighted by Gasteiger charge is 2.47. The van der Waals surface area contributed by atoms with E-state index >= 15 is 0 Å². The fourth-order valence-corrected chi connectivity index (χ4v) is 4.97. The predicted octanol–water partition coefficient (Wildman–Crippen LogP) is 7.08. The highest BCUT2D eigenvalue weighted by Crippen LogP contribution is 2.48. The number of hydrogen-bond donors (Lipinski definition) is 1. The number of pyridine rings is 1. The Kier molecular flexibility index (Phi) is 6.85. The van der Waals surface area contributed by atoms with Gasteiger partial charge in [-0.05, 0) is 62.7 Å². The molecule has 2 aromatic carbocycles. The number of carbonyl (C=O) groups is 1. The topological polar surface area (TPSA) is 68.7 Å². The van der Waals surface area contributed by atoms with Gasteiger partial charge in [0.2, 0.25) is 5.88 Å². The van der Waals surface area contributed by atoms with Crippen molar-refractivity contribution in [2.24, 2.45) is 0 Å². The van der Waals surface area contributed by atoms with Gasteiger partial charge in [-0.15, -0.1) is 0 Å². The lowest BCUT2D eigenvalue weighted by Crippen LogP contribution is -2.46. The maximum atomic E-state index is 12.4. The first-order valence-electron chi connectivity index (χ1n) is 10.9. The molecule has 0 saturated heterocycles. The first-order chi connectivity index (χ1) is 16.0. The molecule has 2 heterocycles. The molecule has 5 nitrogen and oxygen atoms in total. The van der Waals surface area contributed by atoms with Crippen molar-refractivity contribution in [2.75, 3.05) is 6.61 Å². The number of nitrogens with zero attached hydrogens (tertiary/aromatic N) is 1. The minimum Gasteiger partial charge on any atom is -0.471 e. The average Bonchev–Trinajstić information content (AvgIpc) is 2.73. The Labute approximate surface area is 213 Å². The predicted molar refractivity (Wildman–Crippen MR) is 135 cm³/mol. The fourth-order valence-electron chi connectivity index (χ4n) is 4.35. The third-order valence-electron chi connectivity index (χ3n) is 5.66. The Morgan fingerprint density at radius 3 is 2.38 bits per heavy atom. The number of halogens is 3. The van der Waals surface area contributed by atoms with Crippen molar-refractivity contribution in [3.05, 3.63) is 69.2 Å². The smallest absolute Gasteiger partial charge is 0.309 e. The lowest BCUT2D eigenvalue weighted by molar-refractivity contribution is -0.153. The van der Waals surface area contributed by atoms with Crippen molar-refractivity contribution < 1.29 is 19.4 Å². The lowest BCUT2D eigenvalue weighted by atomic mass is 9.78. The maximum Gasteiger partial charge on any atom is 0.309 e. The molecule has 0 fully saturated rings. The van der Waals surface area contributed by atoms with E-state index in [-0.39, 0.29) is 25.3 Å². The molecule has 0 bridgehead atoms. The van der Waals surface area contributed by atoms with Crippen LogP contribution in [0.15, 0.2) is 48.5 Å². The molecule has 178 valence electrons. The van der Waals surface area contributed by atoms with E-state index < -0.39 is 17.2 Å². The summed E-state index contributed by atoms with van der Waals surface area (Å²) in [4.78, 5) is 17.2. The Hall–Kier alpha value is -2.31. The molecular weight excluding hydrogens is 497 g/mol. The van der Waals surface area contributed by atoms with Gasteiger partial charge in [0.25, 0.3) is 0 Å². The average molecular weight is 521 g/mol. The van der Waals surface area contributed by atoms with E-state index in [0.717, 1.165) is 5.56 Å². The summed E-state index contributed by atoms with van der Waals surface area (Å²) in [6.45, 7) is 5.64. The highest BCUT2D eigenvalue weighted by molar-refractivity contribution is 6.36. The van der Waals surface area contributed by atoms with Crippen molar-refractivity contribution in [1.82, 2.24) is 4.98 Å². The largest absolute Gasteiger partial charge is 0.471 e. The Balaban J connectivity index is 1.97. The Bertz CT molecular complexity index is 1240. The van der Waals surface area contributed by atoms with Crippen LogP contribution >= 0.6 is 34.8 Å². The van der Waals surface area contributed by atoms with Gasteiger partial charge in [0.15, 0.2) is 0 Å². The molecule has 1 unspecified atom stereocenters. The van der Waals surface area contributed by atoms with E-state index in [1.54, 1.807) is 43.3 Å². The van der Waals surface area contributed by atoms with Crippen molar-refractivity contribution >= 4 is 40.8 Å². The highest BCUT2D eigenvalue weighted by atomic mass is 35.5. The van der Waals surface area contributed by atoms with Gasteiger partial charge in [-0.2, -0.15) is 0 Å². The van der Waals surface area contributed by atoms with Crippen LogP contribution in [0.25, 0.3) is 22.4 Å². The Morgan fingerprint density at radius 1 is 1.06 bits per heavy atom. The molecule has 3 aromatic rings. The van der Waals surface area contributed by atoms with Crippen LogP contribution in [-0.4, -0.2) is 28.3 Å². The van der Waals surface area contributed by atoms with Crippen molar-refractivity contribution in [1.29, 1.82) is 0 Å². The molecule has 1 aromatic heterocycles. The number of hydrogen-bond acceptors (Lipinski definition) is 5. The van der Waals surface area contributed by atoms with E-state index in [1.165, 1.54) is 0 Å². The molecule has 1 aliphatic rings. The van der Waals surface area contributed by atoms with E-state index in [0.29, 0.717) is 37.5 Å². The van der Waals surface area contributed by atoms with Gasteiger partial charge >= 0.3 is 5.97 Å². The summed E-state index contributed by atoms with van der Waals surface area (Å²) in [5.41, 5.74) is 0.829. The number of aliphatic hydroxyl groups is 1. The minimum atomic E-state index is -1.53. The van der Waals surface area contributed by atoms with Crippen molar-refractivity contribution in [3.63, 3.8) is 0 Å². The monoisotopic (exact) mass is 519 g/mol. The molecular formula is C26H24Cl3NO4. The van der Waals surface area contributed by atoms with Crippen LogP contribution in [0.2, 0.25) is 15.1 Å². The van der Waals surface area contributed by atoms with Crippen molar-refractivity contribution in [3.8, 4) is 28.3 Å². The number of esters is 1. The summed E-state index contributed by atoms with van der Waals surface area (Å²) < 4.78 is 11.3. The van der Waals surface area contributed by atoms with E-state index in [2.05, 4.69) is 0 Å². The van der Waals surface area contributed by atoms with Gasteiger partial charge in [0, 0.05) is 33.2 Å². The quantitative estimate of drug-likeness (QED) is 0.364. The van der Waals surface area contributed by atoms with E-state index in [1.807, 2.05) is 26.0 Å². The molecule has 0 aliphatic carbocycles. The zero-order chi connectivity index (χ0) is 24.7. The standard InChI is InChI=1S/C26H24Cl3NO4/c1-4-33-22(31)13-26(32)14-25(2,3)34-24-20(26)12-19(15-5-7-16(27)8-6-15)23(30-24)18-10-9-17(28)11-21(18)29/h5-12,32H,4,13-14H2,1-3H3. The van der Waals surface area contributed by atoms with Gasteiger partial charge < -0.3 is 14.6 Å². The number of fused-ring (bicyclic) bond motifs is 1. The van der Waals surface area contributed by atoms with Crippen LogP contribution in [0.3, 0.4) is 0 Å². The van der Waals surface area contributed by atoms with Crippen LogP contribution in [0.5, 0.6) is 5.88 Å². The first kappa shape index (κ1) is 24.8. The number of aromatic nitrogens is 1. The van der Waals surface area contributed by atoms with Crippen LogP contribution in [0.1, 0.15) is 39.2 Å². The fraction of sp³-hybridized carbons (Fsp3) is 0.308. The maximum absolute atomic E-state index is 12.4. The molecule has 34 heavy (non-hydrogen) atoms. The molecule has 0 saturated carbocycles. The summed E-state index contributed by atoms with van der Waals surface area (Å²) in [6, 6.07) is 14.2. The van der Waals surface area contributed by atoms with Crippen molar-refractivity contribution in [2.45, 2.75) is 44.8 Å². The van der Waals surface area contributed by atoms with Crippen LogP contribution in [-0.2, 0) is 15.1 Å². The summed E-state index contributed by atoms with van der Waals surface area (Å²) in [6.07, 6.45) is -0.0297. The molecule has 8 heteroatoms. The molecule has 1 N–H and O–H groups in total. The van der Waals surface area contributed by atoms with Gasteiger partial charge in [-0.25, -0.2) is 4.98 Å². The number of ether oxygens (including phenoxy) is 2. The van der Waals surface area contributed by atoms with Crippen LogP contribution in [0, 0.1) is 0 Å². The lowest BCUT2D eigenvalue weighted by Gasteiger charge is -2.42. The zero-order valence-corrected chi connectivity index (χ0v) is 21.3. The minimum absolute atomic E-state index is 0.189. The van der Waals surface area contributed by atoms with E-state index in [4.69, 9.17) is 49.3 Å². The second-order valence-electron chi connectivity index (χ2n) is 8.92. The summed E-state index contributed by atoms with van der Waals surface area (Å²) in [7, 11) is 0. The summed E-state index contributed by atoms with van der Waals surface area (Å²) in [5, 5.41) is 13.3. The molecule has 4 rings (SSSR count). The number of benzene rings is 2. The van der Waals surface area contributed by atoms with Gasteiger partial charge in [0.1, 0.15) is 11.2 Å². The molecule has 0 spiro atoms. The van der Waals surface area contributed by atoms with Crippen LogP contribution in [0.4, 0.5) is 0 Å². The molecule has 0 radical (unpaired) electrons. The third kappa shape index (κ3) is 5.03. The number of rotatable bonds is 5. The zero-order valence-electron chi connectivity index (χ0n) is 19.0.